The molecule has 0 saturated carbocycles. The summed E-state index contributed by atoms with van der Waals surface area (Å²) in [5.74, 6) is 0. The average Bonchev–Trinajstić information content (AvgIpc) is 1.84. The van der Waals surface area contributed by atoms with Crippen LogP contribution in [0.25, 0.3) is 165 Å². The van der Waals surface area contributed by atoms with E-state index in [0.717, 1.165) is 120 Å². The second-order valence-corrected chi connectivity index (χ2v) is 21.6. The zero-order valence-corrected chi connectivity index (χ0v) is 44.3. The molecular weight excluding hydrogens is 1010 g/mol. The van der Waals surface area contributed by atoms with Crippen LogP contribution in [0.2, 0.25) is 0 Å². The maximum Gasteiger partial charge on any atom is 0.160 e. The molecule has 0 atom stereocenters. The number of fused-ring (bicyclic) bond motifs is 19. The maximum atomic E-state index is 12.7. The van der Waals surface area contributed by atoms with Crippen LogP contribution in [-0.2, 0) is 0 Å². The first kappa shape index (κ1) is 45.2. The fourth-order valence-corrected chi connectivity index (χ4v) is 14.3. The quantitative estimate of drug-likeness (QED) is 0.161. The summed E-state index contributed by atoms with van der Waals surface area (Å²) in [4.78, 5) is 0. The first-order chi connectivity index (χ1) is 41.2. The molecular formula is C76H42N6O. The van der Waals surface area contributed by atoms with Gasteiger partial charge in [-0.15, -0.1) is 0 Å². The SMILES string of the molecule is N#Cc1c(-n2c3ccccc3c3ccccc32)c(C#N)c(-n2c3ccccc3c3ccccc32)c(-n2c3cccc(-c4cccc5c4ccc4ccccc45)c3c3ccc4c5ccccc5oc4c32)c1-n1c2ccccc2c2ccccc21. The summed E-state index contributed by atoms with van der Waals surface area (Å²) in [6, 6.07) is 95.5. The van der Waals surface area contributed by atoms with Gasteiger partial charge in [0.15, 0.2) is 5.58 Å². The Balaban J connectivity index is 1.15. The normalized spacial score (nSPS) is 12.1. The van der Waals surface area contributed by atoms with E-state index in [-0.39, 0.29) is 0 Å². The largest absolute Gasteiger partial charge is 0.454 e. The smallest absolute Gasteiger partial charge is 0.160 e. The molecule has 18 rings (SSSR count). The van der Waals surface area contributed by atoms with E-state index in [4.69, 9.17) is 4.42 Å². The summed E-state index contributed by atoms with van der Waals surface area (Å²) in [6.45, 7) is 0. The molecule has 0 fully saturated rings. The first-order valence-electron chi connectivity index (χ1n) is 28.0. The topological polar surface area (TPSA) is 80.4 Å². The van der Waals surface area contributed by atoms with Crippen LogP contribution < -0.4 is 0 Å². The van der Waals surface area contributed by atoms with Crippen LogP contribution in [0.5, 0.6) is 0 Å². The predicted octanol–water partition coefficient (Wildman–Crippen LogP) is 19.7. The summed E-state index contributed by atoms with van der Waals surface area (Å²) in [5.41, 5.74) is 13.7. The van der Waals surface area contributed by atoms with Crippen LogP contribution in [0, 0.1) is 22.7 Å². The minimum Gasteiger partial charge on any atom is -0.454 e. The van der Waals surface area contributed by atoms with E-state index < -0.39 is 0 Å². The van der Waals surface area contributed by atoms with E-state index in [1.807, 2.05) is 24.3 Å². The van der Waals surface area contributed by atoms with Gasteiger partial charge < -0.3 is 22.7 Å². The Hall–Kier alpha value is -11.6. The van der Waals surface area contributed by atoms with E-state index in [2.05, 4.69) is 261 Å². The highest BCUT2D eigenvalue weighted by Crippen LogP contribution is 2.52. The Bertz CT molecular complexity index is 5670. The zero-order chi connectivity index (χ0) is 54.6. The third-order valence-electron chi connectivity index (χ3n) is 17.6. The number of aromatic nitrogens is 4. The predicted molar refractivity (Wildman–Crippen MR) is 341 cm³/mol. The van der Waals surface area contributed by atoms with Gasteiger partial charge in [0.05, 0.1) is 66.9 Å². The molecule has 0 saturated heterocycles. The Morgan fingerprint density at radius 1 is 0.265 bits per heavy atom. The summed E-state index contributed by atoms with van der Waals surface area (Å²) < 4.78 is 16.4. The molecule has 0 amide bonds. The number of nitrogens with zero attached hydrogens (tertiary/aromatic N) is 6. The number of hydrogen-bond donors (Lipinski definition) is 0. The molecule has 18 aromatic rings. The number of furan rings is 1. The molecule has 5 aromatic heterocycles. The van der Waals surface area contributed by atoms with Crippen molar-refractivity contribution in [1.82, 2.24) is 18.3 Å². The van der Waals surface area contributed by atoms with Crippen molar-refractivity contribution in [3.63, 3.8) is 0 Å². The molecule has 0 bridgehead atoms. The van der Waals surface area contributed by atoms with Gasteiger partial charge >= 0.3 is 0 Å². The van der Waals surface area contributed by atoms with Crippen LogP contribution in [-0.4, -0.2) is 18.3 Å². The Labute approximate surface area is 473 Å². The third kappa shape index (κ3) is 5.99. The molecule has 5 heterocycles. The van der Waals surface area contributed by atoms with Crippen molar-refractivity contribution in [2.75, 3.05) is 0 Å². The van der Waals surface area contributed by atoms with Gasteiger partial charge in [0.1, 0.15) is 28.8 Å². The lowest BCUT2D eigenvalue weighted by Crippen LogP contribution is -2.17. The lowest BCUT2D eigenvalue weighted by molar-refractivity contribution is 0.671. The fraction of sp³-hybridized carbons (Fsp3) is 0. The number of rotatable bonds is 5. The molecule has 0 aliphatic rings. The second-order valence-electron chi connectivity index (χ2n) is 21.6. The molecule has 83 heavy (non-hydrogen) atoms. The number of hydrogen-bond acceptors (Lipinski definition) is 3. The van der Waals surface area contributed by atoms with Gasteiger partial charge in [-0.3, -0.25) is 0 Å². The minimum atomic E-state index is 0.336. The molecule has 0 unspecified atom stereocenters. The lowest BCUT2D eigenvalue weighted by Gasteiger charge is -2.27. The van der Waals surface area contributed by atoms with E-state index in [1.165, 1.54) is 16.2 Å². The summed E-state index contributed by atoms with van der Waals surface area (Å²) in [7, 11) is 0. The van der Waals surface area contributed by atoms with Crippen LogP contribution >= 0.6 is 0 Å². The first-order valence-corrected chi connectivity index (χ1v) is 28.0. The van der Waals surface area contributed by atoms with Gasteiger partial charge in [-0.2, -0.15) is 10.5 Å². The lowest BCUT2D eigenvalue weighted by atomic mass is 9.92. The van der Waals surface area contributed by atoms with Crippen molar-refractivity contribution in [2.45, 2.75) is 0 Å². The Morgan fingerprint density at radius 3 is 1.19 bits per heavy atom. The van der Waals surface area contributed by atoms with Crippen molar-refractivity contribution in [1.29, 1.82) is 10.5 Å². The third-order valence-corrected chi connectivity index (χ3v) is 17.6. The van der Waals surface area contributed by atoms with Crippen LogP contribution in [0.3, 0.4) is 0 Å². The van der Waals surface area contributed by atoms with E-state index >= 15 is 0 Å². The molecule has 7 heteroatoms. The molecule has 0 spiro atoms. The van der Waals surface area contributed by atoms with Gasteiger partial charge in [-0.05, 0) is 87.3 Å². The molecule has 13 aromatic carbocycles. The van der Waals surface area contributed by atoms with E-state index in [1.54, 1.807) is 0 Å². The van der Waals surface area contributed by atoms with Crippen molar-refractivity contribution in [3.8, 4) is 46.0 Å². The number of nitriles is 2. The molecule has 7 nitrogen and oxygen atoms in total. The van der Waals surface area contributed by atoms with Gasteiger partial charge in [-0.1, -0.05) is 200 Å². The zero-order valence-electron chi connectivity index (χ0n) is 44.3. The highest BCUT2D eigenvalue weighted by Gasteiger charge is 2.36. The van der Waals surface area contributed by atoms with Gasteiger partial charge in [0.2, 0.25) is 0 Å². The number of benzene rings is 13. The standard InChI is InChI=1S/C76H42N6O/c77-43-60-71(79-62-31-10-3-21-50(62)51-22-4-11-32-63(51)79)61(44-78)73(81-66-35-14-7-25-54(66)55-26-8-15-36-67(55)81)75(72(60)80-64-33-12-5-23-52(64)53-24-6-13-34-65(53)80)82-68-37-18-30-57(48-29-17-28-47-46-20-2-1-19-45(46)39-40-49(47)48)70(68)59-42-41-58-56-27-9-16-38-69(56)83-76(58)74(59)82/h1-42H. The van der Waals surface area contributed by atoms with E-state index in [9.17, 15) is 10.5 Å². The highest BCUT2D eigenvalue weighted by atomic mass is 16.3. The summed E-state index contributed by atoms with van der Waals surface area (Å²) in [5, 5.41) is 40.2. The molecule has 0 aliphatic carbocycles. The Kier molecular flexibility index (Phi) is 9.23. The van der Waals surface area contributed by atoms with Gasteiger partial charge in [0.25, 0.3) is 0 Å². The van der Waals surface area contributed by atoms with Gasteiger partial charge in [-0.25, -0.2) is 0 Å². The summed E-state index contributed by atoms with van der Waals surface area (Å²) in [6.07, 6.45) is 0. The van der Waals surface area contributed by atoms with E-state index in [0.29, 0.717) is 39.5 Å². The van der Waals surface area contributed by atoms with Crippen LogP contribution in [0.1, 0.15) is 11.1 Å². The van der Waals surface area contributed by atoms with Crippen LogP contribution in [0.15, 0.2) is 259 Å². The highest BCUT2D eigenvalue weighted by molar-refractivity contribution is 6.27. The fourth-order valence-electron chi connectivity index (χ4n) is 14.3. The maximum absolute atomic E-state index is 12.7. The Morgan fingerprint density at radius 2 is 0.663 bits per heavy atom. The molecule has 0 N–H and O–H groups in total. The minimum absolute atomic E-state index is 0.336. The van der Waals surface area contributed by atoms with Gasteiger partial charge in [0, 0.05) is 53.9 Å². The average molecular weight is 1060 g/mol. The molecule has 0 radical (unpaired) electrons. The van der Waals surface area contributed by atoms with Crippen molar-refractivity contribution in [2.24, 2.45) is 0 Å². The monoisotopic (exact) mass is 1050 g/mol. The van der Waals surface area contributed by atoms with Crippen LogP contribution in [0.4, 0.5) is 0 Å². The molecule has 382 valence electrons. The van der Waals surface area contributed by atoms with Crippen molar-refractivity contribution >= 4 is 131 Å². The second kappa shape index (κ2) is 16.9. The van der Waals surface area contributed by atoms with Crippen molar-refractivity contribution in [3.05, 3.63) is 266 Å². The number of para-hydroxylation sites is 7. The molecule has 0 aliphatic heterocycles. The van der Waals surface area contributed by atoms with Crippen molar-refractivity contribution < 1.29 is 4.42 Å². The summed E-state index contributed by atoms with van der Waals surface area (Å²) >= 11 is 0.